The Hall–Kier alpha value is -2.13. The van der Waals surface area contributed by atoms with Gasteiger partial charge in [-0.15, -0.1) is 0 Å². The van der Waals surface area contributed by atoms with E-state index in [9.17, 15) is 4.79 Å². The van der Waals surface area contributed by atoms with Crippen LogP contribution in [0.15, 0.2) is 48.5 Å². The van der Waals surface area contributed by atoms with Crippen molar-refractivity contribution in [3.05, 3.63) is 70.8 Å². The minimum Gasteiger partial charge on any atom is -0.340 e. The second-order valence-corrected chi connectivity index (χ2v) is 7.97. The number of amides is 1. The fourth-order valence-corrected chi connectivity index (χ4v) is 4.57. The van der Waals surface area contributed by atoms with Gasteiger partial charge in [0.15, 0.2) is 0 Å². The lowest BCUT2D eigenvalue weighted by Crippen LogP contribution is -2.51. The smallest absolute Gasteiger partial charge is 0.225 e. The third-order valence-corrected chi connectivity index (χ3v) is 6.39. The third kappa shape index (κ3) is 3.53. The summed E-state index contributed by atoms with van der Waals surface area (Å²) in [6.07, 6.45) is 3.13. The topological polar surface area (TPSA) is 23.6 Å². The lowest BCUT2D eigenvalue weighted by molar-refractivity contribution is -0.137. The van der Waals surface area contributed by atoms with Crippen LogP contribution in [-0.2, 0) is 17.6 Å². The van der Waals surface area contributed by atoms with Gasteiger partial charge in [-0.25, -0.2) is 0 Å². The van der Waals surface area contributed by atoms with E-state index < -0.39 is 0 Å². The molecule has 0 spiro atoms. The van der Waals surface area contributed by atoms with Crippen LogP contribution < -0.4 is 0 Å². The lowest BCUT2D eigenvalue weighted by Gasteiger charge is -2.41. The van der Waals surface area contributed by atoms with Gasteiger partial charge in [-0.1, -0.05) is 62.4 Å². The number of benzene rings is 2. The zero-order chi connectivity index (χ0) is 18.8. The first-order valence-corrected chi connectivity index (χ1v) is 10.4. The summed E-state index contributed by atoms with van der Waals surface area (Å²) in [6, 6.07) is 18.2. The van der Waals surface area contributed by atoms with Gasteiger partial charge in [0, 0.05) is 32.1 Å². The van der Waals surface area contributed by atoms with E-state index in [4.69, 9.17) is 0 Å². The van der Waals surface area contributed by atoms with Gasteiger partial charge in [0.25, 0.3) is 0 Å². The van der Waals surface area contributed by atoms with Crippen LogP contribution in [0.3, 0.4) is 0 Å². The average molecular weight is 363 g/mol. The van der Waals surface area contributed by atoms with E-state index >= 15 is 0 Å². The monoisotopic (exact) mass is 362 g/mol. The van der Waals surface area contributed by atoms with E-state index in [0.29, 0.717) is 11.9 Å². The maximum Gasteiger partial charge on any atom is 0.225 e. The third-order valence-electron chi connectivity index (χ3n) is 6.39. The fraction of sp³-hybridized carbons (Fsp3) is 0.458. The zero-order valence-electron chi connectivity index (χ0n) is 16.5. The average Bonchev–Trinajstić information content (AvgIpc) is 2.89. The number of piperazine rings is 1. The van der Waals surface area contributed by atoms with Gasteiger partial charge >= 0.3 is 0 Å². The highest BCUT2D eigenvalue weighted by molar-refractivity contribution is 5.78. The van der Waals surface area contributed by atoms with E-state index in [2.05, 4.69) is 65.3 Å². The van der Waals surface area contributed by atoms with Crippen LogP contribution >= 0.6 is 0 Å². The summed E-state index contributed by atoms with van der Waals surface area (Å²) in [4.78, 5) is 17.2. The van der Waals surface area contributed by atoms with Crippen molar-refractivity contribution in [3.63, 3.8) is 0 Å². The Morgan fingerprint density at radius 2 is 1.44 bits per heavy atom. The van der Waals surface area contributed by atoms with Crippen LogP contribution in [0, 0.1) is 5.92 Å². The van der Waals surface area contributed by atoms with Crippen molar-refractivity contribution < 1.29 is 4.79 Å². The van der Waals surface area contributed by atoms with Crippen LogP contribution in [0.25, 0.3) is 0 Å². The molecular formula is C24H30N2O. The molecule has 1 saturated heterocycles. The number of carbonyl (C=O) groups excluding carboxylic acids is 1. The molecule has 2 aliphatic rings. The Balaban J connectivity index is 1.61. The first-order valence-electron chi connectivity index (χ1n) is 10.4. The minimum absolute atomic E-state index is 0.135. The fourth-order valence-electron chi connectivity index (χ4n) is 4.57. The molecule has 3 heteroatoms. The van der Waals surface area contributed by atoms with Gasteiger partial charge in [-0.2, -0.15) is 0 Å². The molecule has 142 valence electrons. The van der Waals surface area contributed by atoms with Gasteiger partial charge in [-0.3, -0.25) is 9.69 Å². The molecule has 0 saturated carbocycles. The molecular weight excluding hydrogens is 332 g/mol. The molecule has 4 rings (SSSR count). The maximum absolute atomic E-state index is 12.6. The first kappa shape index (κ1) is 18.2. The molecule has 1 heterocycles. The molecule has 2 aromatic rings. The number of rotatable bonds is 3. The number of nitrogens with zero attached hydrogens (tertiary/aromatic N) is 2. The Kier molecular flexibility index (Phi) is 5.31. The minimum atomic E-state index is 0.135. The Morgan fingerprint density at radius 1 is 0.926 bits per heavy atom. The second kappa shape index (κ2) is 7.85. The number of carbonyl (C=O) groups is 1. The molecule has 0 N–H and O–H groups in total. The predicted octanol–water partition coefficient (Wildman–Crippen LogP) is 4.06. The molecule has 0 bridgehead atoms. The highest BCUT2D eigenvalue weighted by Gasteiger charge is 2.32. The molecule has 0 radical (unpaired) electrons. The summed E-state index contributed by atoms with van der Waals surface area (Å²) < 4.78 is 0. The number of fused-ring (bicyclic) bond motifs is 2. The molecule has 27 heavy (non-hydrogen) atoms. The summed E-state index contributed by atoms with van der Waals surface area (Å²) in [6.45, 7) is 7.70. The standard InChI is InChI=1S/C24H30N2O/c1-3-18(2)24(27)26-16-14-25(15-17-26)23-21-10-6-4-8-19(21)12-13-20-9-5-7-11-22(20)23/h4-11,18,23H,3,12-17H2,1-2H3. The Labute approximate surface area is 163 Å². The van der Waals surface area contributed by atoms with Crippen molar-refractivity contribution in [1.29, 1.82) is 0 Å². The van der Waals surface area contributed by atoms with Crippen molar-refractivity contribution in [2.75, 3.05) is 26.2 Å². The highest BCUT2D eigenvalue weighted by Crippen LogP contribution is 2.37. The molecule has 1 unspecified atom stereocenters. The normalized spacial score (nSPS) is 19.1. The molecule has 3 nitrogen and oxygen atoms in total. The van der Waals surface area contributed by atoms with E-state index in [1.54, 1.807) is 0 Å². The summed E-state index contributed by atoms with van der Waals surface area (Å²) in [5.41, 5.74) is 5.84. The SMILES string of the molecule is CCC(C)C(=O)N1CCN(C2c3ccccc3CCc3ccccc32)CC1. The van der Waals surface area contributed by atoms with Crippen LogP contribution in [0.4, 0.5) is 0 Å². The van der Waals surface area contributed by atoms with E-state index in [1.165, 1.54) is 22.3 Å². The van der Waals surface area contributed by atoms with Gasteiger partial charge in [-0.05, 0) is 41.5 Å². The second-order valence-electron chi connectivity index (χ2n) is 7.97. The van der Waals surface area contributed by atoms with Gasteiger partial charge in [0.1, 0.15) is 0 Å². The summed E-state index contributed by atoms with van der Waals surface area (Å²) in [5, 5.41) is 0. The lowest BCUT2D eigenvalue weighted by atomic mass is 9.92. The predicted molar refractivity (Wildman–Crippen MR) is 110 cm³/mol. The van der Waals surface area contributed by atoms with Crippen LogP contribution in [0.2, 0.25) is 0 Å². The summed E-state index contributed by atoms with van der Waals surface area (Å²) in [5.74, 6) is 0.453. The number of hydrogen-bond donors (Lipinski definition) is 0. The van der Waals surface area contributed by atoms with Crippen LogP contribution in [-0.4, -0.2) is 41.9 Å². The van der Waals surface area contributed by atoms with Crippen LogP contribution in [0.5, 0.6) is 0 Å². The van der Waals surface area contributed by atoms with Gasteiger partial charge in [0.2, 0.25) is 5.91 Å². The quantitative estimate of drug-likeness (QED) is 0.822. The van der Waals surface area contributed by atoms with Crippen molar-refractivity contribution in [3.8, 4) is 0 Å². The maximum atomic E-state index is 12.6. The first-order chi connectivity index (χ1) is 13.2. The van der Waals surface area contributed by atoms with Crippen LogP contribution in [0.1, 0.15) is 48.6 Å². The van der Waals surface area contributed by atoms with E-state index in [-0.39, 0.29) is 5.92 Å². The van der Waals surface area contributed by atoms with E-state index in [1.807, 2.05) is 6.92 Å². The molecule has 2 aromatic carbocycles. The summed E-state index contributed by atoms with van der Waals surface area (Å²) in [7, 11) is 0. The number of hydrogen-bond acceptors (Lipinski definition) is 2. The van der Waals surface area contributed by atoms with Gasteiger partial charge in [0.05, 0.1) is 6.04 Å². The molecule has 1 fully saturated rings. The molecule has 0 aromatic heterocycles. The molecule has 1 aliphatic carbocycles. The van der Waals surface area contributed by atoms with Gasteiger partial charge < -0.3 is 4.90 Å². The number of aryl methyl sites for hydroxylation is 2. The molecule has 1 aliphatic heterocycles. The van der Waals surface area contributed by atoms with Crippen molar-refractivity contribution >= 4 is 5.91 Å². The Morgan fingerprint density at radius 3 is 1.96 bits per heavy atom. The van der Waals surface area contributed by atoms with E-state index in [0.717, 1.165) is 45.4 Å². The zero-order valence-corrected chi connectivity index (χ0v) is 16.5. The molecule has 1 amide bonds. The van der Waals surface area contributed by atoms with Crippen molar-refractivity contribution in [2.45, 2.75) is 39.2 Å². The molecule has 1 atom stereocenters. The highest BCUT2D eigenvalue weighted by atomic mass is 16.2. The Bertz CT molecular complexity index is 760. The van der Waals surface area contributed by atoms with Crippen molar-refractivity contribution in [1.82, 2.24) is 9.80 Å². The van der Waals surface area contributed by atoms with Crippen molar-refractivity contribution in [2.24, 2.45) is 5.92 Å². The summed E-state index contributed by atoms with van der Waals surface area (Å²) >= 11 is 0. The largest absolute Gasteiger partial charge is 0.340 e.